The number of hydrogen-bond acceptors (Lipinski definition) is 8. The number of aliphatic hydroxyl groups excluding tert-OH is 1. The van der Waals surface area contributed by atoms with Crippen LogP contribution in [0, 0.1) is 0 Å². The molecule has 10 heteroatoms. The van der Waals surface area contributed by atoms with E-state index in [-0.39, 0.29) is 24.4 Å². The summed E-state index contributed by atoms with van der Waals surface area (Å²) in [7, 11) is -2.97. The van der Waals surface area contributed by atoms with Crippen LogP contribution in [0.3, 0.4) is 0 Å². The number of esters is 1. The predicted molar refractivity (Wildman–Crippen MR) is 196 cm³/mol. The number of aliphatic hydroxyl groups is 1. The minimum atomic E-state index is -4.24. The van der Waals surface area contributed by atoms with Crippen molar-refractivity contribution in [3.8, 4) is 11.5 Å². The molecule has 4 N–H and O–H groups in total. The molecule has 2 unspecified atom stereocenters. The van der Waals surface area contributed by atoms with Gasteiger partial charge in [0.2, 0.25) is 0 Å². The third kappa shape index (κ3) is 15.1. The van der Waals surface area contributed by atoms with E-state index in [9.17, 15) is 14.5 Å². The summed E-state index contributed by atoms with van der Waals surface area (Å²) in [5.41, 5.74) is 8.19. The minimum Gasteiger partial charge on any atom is -0.488 e. The highest BCUT2D eigenvalue weighted by Gasteiger charge is 2.37. The summed E-state index contributed by atoms with van der Waals surface area (Å²) in [6, 6.07) is 23.3. The first-order chi connectivity index (χ1) is 23.4. The Morgan fingerprint density at radius 3 is 2.02 bits per heavy atom. The van der Waals surface area contributed by atoms with Crippen LogP contribution in [0.25, 0.3) is 0 Å². The van der Waals surface area contributed by atoms with Crippen molar-refractivity contribution in [1.82, 2.24) is 5.09 Å². The lowest BCUT2D eigenvalue weighted by molar-refractivity contribution is -0.142. The molecule has 49 heavy (non-hydrogen) atoms. The van der Waals surface area contributed by atoms with Gasteiger partial charge in [0.25, 0.3) is 0 Å². The van der Waals surface area contributed by atoms with E-state index in [1.807, 2.05) is 45.0 Å². The molecule has 0 aliphatic heterocycles. The Morgan fingerprint density at radius 2 is 1.43 bits per heavy atom. The van der Waals surface area contributed by atoms with Gasteiger partial charge >= 0.3 is 13.7 Å². The highest BCUT2D eigenvalue weighted by molar-refractivity contribution is 7.52. The van der Waals surface area contributed by atoms with Gasteiger partial charge in [-0.3, -0.25) is 9.32 Å². The van der Waals surface area contributed by atoms with Crippen molar-refractivity contribution in [2.45, 2.75) is 109 Å². The lowest BCUT2D eigenvalue weighted by Gasteiger charge is -2.30. The second-order valence-corrected chi connectivity index (χ2v) is 15.5. The molecule has 3 aromatic rings. The Hall–Kier alpha value is -3.20. The summed E-state index contributed by atoms with van der Waals surface area (Å²) in [4.78, 5) is 12.9. The number of para-hydroxylation sites is 1. The molecule has 0 amide bonds. The number of nitrogens with two attached hydrogens (primary N) is 1. The molecule has 0 radical (unpaired) electrons. The maximum absolute atomic E-state index is 14.3. The predicted octanol–water partition coefficient (Wildman–Crippen LogP) is 7.97. The van der Waals surface area contributed by atoms with Crippen LogP contribution >= 0.6 is 7.75 Å². The molecule has 0 bridgehead atoms. The van der Waals surface area contributed by atoms with Gasteiger partial charge in [-0.2, -0.15) is 5.09 Å². The van der Waals surface area contributed by atoms with Crippen LogP contribution in [0.15, 0.2) is 78.9 Å². The summed E-state index contributed by atoms with van der Waals surface area (Å²) in [6.07, 6.45) is 9.76. The summed E-state index contributed by atoms with van der Waals surface area (Å²) in [5, 5.41) is 13.1. The van der Waals surface area contributed by atoms with E-state index in [1.165, 1.54) is 51.2 Å². The zero-order chi connectivity index (χ0) is 35.8. The molecule has 0 spiro atoms. The zero-order valence-electron chi connectivity index (χ0n) is 30.0. The molecule has 9 nitrogen and oxygen atoms in total. The number of unbranched alkanes of at least 4 members (excludes halogenated alkanes) is 5. The monoisotopic (exact) mass is 696 g/mol. The fourth-order valence-corrected chi connectivity index (χ4v) is 6.88. The Morgan fingerprint density at radius 1 is 0.837 bits per heavy atom. The standard InChI is InChI=1S/C39H57N2O7P/c1-6-7-8-9-10-12-15-31-18-20-32(21-19-31)26-27-39(40,29-42)30-46-49(44,48-35-16-13-11-14-17-35)41-36(37(43)45-5)28-33-22-24-34(25-23-33)47-38(2,3)4/h11,13-14,16-25,36,42H,6-10,12,15,26-30,40H2,1-5H3,(H,41,44)/t36-,39?,49?/m0/s1. The first kappa shape index (κ1) is 40.2. The fraction of sp³-hybridized carbons (Fsp3) is 0.513. The van der Waals surface area contributed by atoms with Crippen molar-refractivity contribution in [2.24, 2.45) is 5.73 Å². The van der Waals surface area contributed by atoms with E-state index in [2.05, 4.69) is 36.3 Å². The highest BCUT2D eigenvalue weighted by atomic mass is 31.2. The van der Waals surface area contributed by atoms with Crippen LogP contribution < -0.4 is 20.1 Å². The quantitative estimate of drug-likeness (QED) is 0.0544. The van der Waals surface area contributed by atoms with Gasteiger partial charge in [-0.05, 0) is 93.8 Å². The highest BCUT2D eigenvalue weighted by Crippen LogP contribution is 2.46. The smallest absolute Gasteiger partial charge is 0.459 e. The van der Waals surface area contributed by atoms with Crippen LogP contribution in [0.2, 0.25) is 0 Å². The van der Waals surface area contributed by atoms with Crippen molar-refractivity contribution in [3.05, 3.63) is 95.6 Å². The number of benzene rings is 3. The van der Waals surface area contributed by atoms with Crippen LogP contribution in [0.4, 0.5) is 0 Å². The summed E-state index contributed by atoms with van der Waals surface area (Å²) < 4.78 is 37.1. The summed E-state index contributed by atoms with van der Waals surface area (Å²) in [6.45, 7) is 7.43. The van der Waals surface area contributed by atoms with Crippen LogP contribution in [0.5, 0.6) is 11.5 Å². The van der Waals surface area contributed by atoms with E-state index in [4.69, 9.17) is 24.3 Å². The van der Waals surface area contributed by atoms with E-state index in [0.717, 1.165) is 17.5 Å². The van der Waals surface area contributed by atoms with Gasteiger partial charge in [-0.25, -0.2) is 4.57 Å². The molecule has 0 saturated heterocycles. The normalized spacial score (nSPS) is 14.8. The zero-order valence-corrected chi connectivity index (χ0v) is 30.9. The maximum Gasteiger partial charge on any atom is 0.459 e. The molecule has 3 aromatic carbocycles. The summed E-state index contributed by atoms with van der Waals surface area (Å²) in [5.74, 6) is 0.322. The molecule has 0 aromatic heterocycles. The van der Waals surface area contributed by atoms with Gasteiger partial charge in [0.15, 0.2) is 0 Å². The molecule has 0 aliphatic carbocycles. The van der Waals surface area contributed by atoms with E-state index in [0.29, 0.717) is 18.6 Å². The largest absolute Gasteiger partial charge is 0.488 e. The molecule has 0 fully saturated rings. The Kier molecular flexibility index (Phi) is 16.3. The topological polar surface area (TPSA) is 129 Å². The van der Waals surface area contributed by atoms with Crippen LogP contribution in [0.1, 0.15) is 89.3 Å². The van der Waals surface area contributed by atoms with Crippen molar-refractivity contribution in [3.63, 3.8) is 0 Å². The lowest BCUT2D eigenvalue weighted by atomic mass is 9.93. The maximum atomic E-state index is 14.3. The molecular weight excluding hydrogens is 639 g/mol. The van der Waals surface area contributed by atoms with Crippen molar-refractivity contribution >= 4 is 13.7 Å². The fourth-order valence-electron chi connectivity index (χ4n) is 5.29. The summed E-state index contributed by atoms with van der Waals surface area (Å²) >= 11 is 0. The molecule has 0 heterocycles. The Balaban J connectivity index is 1.68. The molecule has 3 atom stereocenters. The van der Waals surface area contributed by atoms with Gasteiger partial charge < -0.3 is 24.8 Å². The van der Waals surface area contributed by atoms with E-state index in [1.54, 1.807) is 30.3 Å². The van der Waals surface area contributed by atoms with E-state index < -0.39 is 31.9 Å². The molecular formula is C39H57N2O7P. The minimum absolute atomic E-state index is 0.136. The first-order valence-electron chi connectivity index (χ1n) is 17.5. The number of carbonyl (C=O) groups excluding carboxylic acids is 1. The first-order valence-corrected chi connectivity index (χ1v) is 19.0. The number of nitrogens with one attached hydrogen (secondary N) is 1. The SMILES string of the molecule is CCCCCCCCc1ccc(CCC(N)(CO)COP(=O)(N[C@@H](Cc2ccc(OC(C)(C)C)cc2)C(=O)OC)Oc2ccccc2)cc1. The molecule has 0 aliphatic rings. The van der Waals surface area contributed by atoms with Crippen molar-refractivity contribution in [2.75, 3.05) is 20.3 Å². The number of aryl methyl sites for hydroxylation is 2. The Bertz CT molecular complexity index is 1430. The Labute approximate surface area is 293 Å². The number of methoxy groups -OCH3 is 1. The third-order valence-corrected chi connectivity index (χ3v) is 9.69. The average Bonchev–Trinajstić information content (AvgIpc) is 3.08. The number of hydrogen-bond donors (Lipinski definition) is 3. The molecule has 3 rings (SSSR count). The number of carbonyl (C=O) groups is 1. The van der Waals surface area contributed by atoms with Gasteiger partial charge in [-0.1, -0.05) is 93.6 Å². The van der Waals surface area contributed by atoms with Gasteiger partial charge in [-0.15, -0.1) is 0 Å². The van der Waals surface area contributed by atoms with Gasteiger partial charge in [0.05, 0.1) is 25.9 Å². The van der Waals surface area contributed by atoms with Gasteiger partial charge in [0, 0.05) is 0 Å². The van der Waals surface area contributed by atoms with Gasteiger partial charge in [0.1, 0.15) is 23.1 Å². The van der Waals surface area contributed by atoms with Crippen LogP contribution in [-0.2, 0) is 37.9 Å². The van der Waals surface area contributed by atoms with E-state index >= 15 is 0 Å². The molecule has 270 valence electrons. The molecule has 0 saturated carbocycles. The van der Waals surface area contributed by atoms with Crippen molar-refractivity contribution in [1.29, 1.82) is 0 Å². The third-order valence-electron chi connectivity index (χ3n) is 8.15. The average molecular weight is 697 g/mol. The number of ether oxygens (including phenoxy) is 2. The number of rotatable bonds is 22. The van der Waals surface area contributed by atoms with Crippen molar-refractivity contribution < 1.29 is 33.0 Å². The van der Waals surface area contributed by atoms with Crippen LogP contribution in [-0.4, -0.2) is 48.6 Å². The second-order valence-electron chi connectivity index (χ2n) is 13.8. The second kappa shape index (κ2) is 19.9. The lowest BCUT2D eigenvalue weighted by Crippen LogP contribution is -2.49.